The van der Waals surface area contributed by atoms with E-state index in [2.05, 4.69) is 15.0 Å². The van der Waals surface area contributed by atoms with Gasteiger partial charge in [-0.2, -0.15) is 26.3 Å². The Labute approximate surface area is 200 Å². The number of rotatable bonds is 3. The van der Waals surface area contributed by atoms with Crippen molar-refractivity contribution in [3.05, 3.63) is 83.3 Å². The average Bonchev–Trinajstić information content (AvgIpc) is 3.50. The fraction of sp³-hybridized carbons (Fsp3) is 0.240. The van der Waals surface area contributed by atoms with Gasteiger partial charge in [-0.15, -0.1) is 0 Å². The number of benzene rings is 2. The number of carbonyl (C=O) groups is 1. The summed E-state index contributed by atoms with van der Waals surface area (Å²) < 4.78 is 78.3. The molecular weight excluding hydrogens is 486 g/mol. The summed E-state index contributed by atoms with van der Waals surface area (Å²) in [5, 5.41) is 0. The molecule has 0 radical (unpaired) electrons. The maximum absolute atomic E-state index is 13.3. The van der Waals surface area contributed by atoms with Gasteiger partial charge in [0.05, 0.1) is 34.0 Å². The molecule has 0 spiro atoms. The van der Waals surface area contributed by atoms with E-state index in [1.54, 1.807) is 23.1 Å². The molecule has 1 saturated heterocycles. The lowest BCUT2D eigenvalue weighted by Gasteiger charge is -2.25. The molecule has 0 bridgehead atoms. The highest BCUT2D eigenvalue weighted by molar-refractivity contribution is 5.97. The number of carbonyl (C=O) groups excluding carboxylic acids is 1. The number of alkyl halides is 6. The molecule has 4 aromatic rings. The van der Waals surface area contributed by atoms with Crippen LogP contribution in [0.4, 0.5) is 26.3 Å². The third-order valence-electron chi connectivity index (χ3n) is 6.11. The van der Waals surface area contributed by atoms with Crippen molar-refractivity contribution in [2.24, 2.45) is 0 Å². The Hall–Kier alpha value is -3.89. The van der Waals surface area contributed by atoms with E-state index in [1.807, 2.05) is 0 Å². The number of H-pyrrole nitrogens is 1. The van der Waals surface area contributed by atoms with E-state index in [4.69, 9.17) is 0 Å². The highest BCUT2D eigenvalue weighted by Gasteiger charge is 2.36. The van der Waals surface area contributed by atoms with Crippen molar-refractivity contribution >= 4 is 16.9 Å². The maximum atomic E-state index is 13.3. The molecule has 186 valence electrons. The number of hydrogen-bond donors (Lipinski definition) is 1. The van der Waals surface area contributed by atoms with Gasteiger partial charge in [0.25, 0.3) is 5.91 Å². The molecule has 5 rings (SSSR count). The molecule has 0 unspecified atom stereocenters. The van der Waals surface area contributed by atoms with Crippen molar-refractivity contribution in [2.45, 2.75) is 31.2 Å². The minimum atomic E-state index is -4.64. The Morgan fingerprint density at radius 3 is 2.44 bits per heavy atom. The van der Waals surface area contributed by atoms with E-state index in [1.165, 1.54) is 30.3 Å². The molecule has 1 aliphatic heterocycles. The number of aromatic nitrogens is 3. The molecule has 0 saturated carbocycles. The Kier molecular flexibility index (Phi) is 5.73. The number of pyridine rings is 1. The summed E-state index contributed by atoms with van der Waals surface area (Å²) in [7, 11) is 0. The van der Waals surface area contributed by atoms with Crippen LogP contribution in [0.5, 0.6) is 0 Å². The van der Waals surface area contributed by atoms with Crippen LogP contribution >= 0.6 is 0 Å². The first kappa shape index (κ1) is 23.8. The molecule has 36 heavy (non-hydrogen) atoms. The first-order valence-electron chi connectivity index (χ1n) is 11.0. The lowest BCUT2D eigenvalue weighted by molar-refractivity contribution is -0.144. The van der Waals surface area contributed by atoms with Crippen molar-refractivity contribution in [1.29, 1.82) is 0 Å². The molecule has 5 nitrogen and oxygen atoms in total. The summed E-state index contributed by atoms with van der Waals surface area (Å²) in [6.07, 6.45) is -7.86. The minimum absolute atomic E-state index is 0.0901. The zero-order chi connectivity index (χ0) is 25.7. The summed E-state index contributed by atoms with van der Waals surface area (Å²) in [5.41, 5.74) is 0.761. The van der Waals surface area contributed by atoms with Crippen LogP contribution in [0, 0.1) is 0 Å². The normalized spacial score (nSPS) is 16.6. The second kappa shape index (κ2) is 8.65. The van der Waals surface area contributed by atoms with Gasteiger partial charge in [0.1, 0.15) is 0 Å². The average molecular weight is 504 g/mol. The van der Waals surface area contributed by atoms with E-state index >= 15 is 0 Å². The first-order valence-corrected chi connectivity index (χ1v) is 11.0. The SMILES string of the molecule is O=C(c1ccc2nc(C(F)(F)F)[nH]c2c1)N1CCC[C@H]1c1cccc(-c2cccc(C(F)(F)F)c2)n1. The van der Waals surface area contributed by atoms with Crippen molar-refractivity contribution in [1.82, 2.24) is 19.9 Å². The molecule has 0 aliphatic carbocycles. The number of hydrogen-bond acceptors (Lipinski definition) is 3. The summed E-state index contributed by atoms with van der Waals surface area (Å²) in [5.74, 6) is -1.52. The zero-order valence-corrected chi connectivity index (χ0v) is 18.5. The van der Waals surface area contributed by atoms with E-state index in [0.29, 0.717) is 36.3 Å². The lowest BCUT2D eigenvalue weighted by atomic mass is 10.0. The van der Waals surface area contributed by atoms with Gasteiger partial charge < -0.3 is 9.88 Å². The van der Waals surface area contributed by atoms with E-state index < -0.39 is 29.8 Å². The van der Waals surface area contributed by atoms with Gasteiger partial charge >= 0.3 is 12.4 Å². The van der Waals surface area contributed by atoms with Crippen LogP contribution in [0.3, 0.4) is 0 Å². The number of nitrogens with zero attached hydrogens (tertiary/aromatic N) is 3. The molecule has 11 heteroatoms. The summed E-state index contributed by atoms with van der Waals surface area (Å²) in [6, 6.07) is 13.5. The predicted molar refractivity (Wildman–Crippen MR) is 119 cm³/mol. The Morgan fingerprint density at radius 1 is 0.917 bits per heavy atom. The quantitative estimate of drug-likeness (QED) is 0.318. The van der Waals surface area contributed by atoms with E-state index in [9.17, 15) is 31.1 Å². The van der Waals surface area contributed by atoms with Crippen LogP contribution in [-0.4, -0.2) is 32.3 Å². The van der Waals surface area contributed by atoms with Crippen molar-refractivity contribution < 1.29 is 31.1 Å². The van der Waals surface area contributed by atoms with Gasteiger partial charge in [-0.3, -0.25) is 9.78 Å². The lowest BCUT2D eigenvalue weighted by Crippen LogP contribution is -2.31. The van der Waals surface area contributed by atoms with Gasteiger partial charge in [-0.25, -0.2) is 4.98 Å². The number of likely N-dealkylation sites (tertiary alicyclic amines) is 1. The maximum Gasteiger partial charge on any atom is 0.449 e. The van der Waals surface area contributed by atoms with Gasteiger partial charge in [-0.05, 0) is 55.3 Å². The second-order valence-corrected chi connectivity index (χ2v) is 8.50. The van der Waals surface area contributed by atoms with Gasteiger partial charge in [0.15, 0.2) is 0 Å². The Bertz CT molecular complexity index is 1440. The van der Waals surface area contributed by atoms with Crippen LogP contribution in [0.1, 0.15) is 46.3 Å². The summed E-state index contributed by atoms with van der Waals surface area (Å²) in [4.78, 5) is 25.2. The number of halogens is 6. The summed E-state index contributed by atoms with van der Waals surface area (Å²) >= 11 is 0. The molecule has 1 fully saturated rings. The Morgan fingerprint density at radius 2 is 1.69 bits per heavy atom. The van der Waals surface area contributed by atoms with Gasteiger partial charge in [-0.1, -0.05) is 18.2 Å². The fourth-order valence-electron chi connectivity index (χ4n) is 4.41. The molecular formula is C25H18F6N4O. The molecule has 1 N–H and O–H groups in total. The Balaban J connectivity index is 1.43. The van der Waals surface area contributed by atoms with Crippen molar-refractivity contribution in [3.63, 3.8) is 0 Å². The smallest absolute Gasteiger partial charge is 0.334 e. The van der Waals surface area contributed by atoms with Crippen molar-refractivity contribution in [2.75, 3.05) is 6.54 Å². The minimum Gasteiger partial charge on any atom is -0.334 e. The van der Waals surface area contributed by atoms with Crippen molar-refractivity contribution in [3.8, 4) is 11.3 Å². The van der Waals surface area contributed by atoms with Crippen LogP contribution in [-0.2, 0) is 12.4 Å². The number of aromatic amines is 1. The fourth-order valence-corrected chi connectivity index (χ4v) is 4.41. The standard InChI is InChI=1S/C25H18F6N4O/c26-24(27,28)16-5-1-4-14(12-16)17-6-2-7-19(32-17)21-8-3-11-35(21)22(36)15-9-10-18-20(13-15)34-23(33-18)25(29,30)31/h1-2,4-7,9-10,12-13,21H,3,8,11H2,(H,33,34)/t21-/m0/s1. The number of fused-ring (bicyclic) bond motifs is 1. The third kappa shape index (κ3) is 4.52. The zero-order valence-electron chi connectivity index (χ0n) is 18.5. The highest BCUT2D eigenvalue weighted by Crippen LogP contribution is 2.35. The number of amides is 1. The number of imidazole rings is 1. The highest BCUT2D eigenvalue weighted by atomic mass is 19.4. The molecule has 2 aromatic carbocycles. The van der Waals surface area contributed by atoms with E-state index in [0.717, 1.165) is 12.1 Å². The van der Waals surface area contributed by atoms with Gasteiger partial charge in [0.2, 0.25) is 5.82 Å². The van der Waals surface area contributed by atoms with Crippen LogP contribution in [0.25, 0.3) is 22.3 Å². The summed E-state index contributed by atoms with van der Waals surface area (Å²) in [6.45, 7) is 0.410. The third-order valence-corrected chi connectivity index (χ3v) is 6.11. The monoisotopic (exact) mass is 504 g/mol. The predicted octanol–water partition coefficient (Wildman–Crippen LogP) is 6.64. The molecule has 1 atom stereocenters. The van der Waals surface area contributed by atoms with Crippen LogP contribution < -0.4 is 0 Å². The van der Waals surface area contributed by atoms with Crippen LogP contribution in [0.2, 0.25) is 0 Å². The topological polar surface area (TPSA) is 61.9 Å². The molecule has 2 aromatic heterocycles. The first-order chi connectivity index (χ1) is 17.0. The second-order valence-electron chi connectivity index (χ2n) is 8.50. The van der Waals surface area contributed by atoms with Crippen LogP contribution in [0.15, 0.2) is 60.7 Å². The van der Waals surface area contributed by atoms with E-state index in [-0.39, 0.29) is 22.5 Å². The largest absolute Gasteiger partial charge is 0.449 e. The molecule has 1 aliphatic rings. The van der Waals surface area contributed by atoms with Gasteiger partial charge in [0, 0.05) is 17.7 Å². The number of nitrogens with one attached hydrogen (secondary N) is 1. The molecule has 3 heterocycles. The molecule has 1 amide bonds.